The van der Waals surface area contributed by atoms with E-state index >= 15 is 0 Å². The zero-order valence-corrected chi connectivity index (χ0v) is 10.7. The molecule has 1 fully saturated rings. The molecule has 0 aliphatic carbocycles. The molecule has 0 radical (unpaired) electrons. The maximum absolute atomic E-state index is 9.12. The minimum atomic E-state index is -0.367. The molecule has 17 heavy (non-hydrogen) atoms. The molecule has 0 saturated carbocycles. The van der Waals surface area contributed by atoms with Gasteiger partial charge in [-0.2, -0.15) is 5.26 Å². The van der Waals surface area contributed by atoms with Crippen molar-refractivity contribution in [1.29, 1.82) is 5.26 Å². The molecular formula is C12H19N5. The van der Waals surface area contributed by atoms with Crippen molar-refractivity contribution in [2.45, 2.75) is 19.4 Å². The van der Waals surface area contributed by atoms with Crippen molar-refractivity contribution < 1.29 is 0 Å². The van der Waals surface area contributed by atoms with Gasteiger partial charge in [0.15, 0.2) is 0 Å². The molecule has 0 spiro atoms. The maximum atomic E-state index is 9.12. The van der Waals surface area contributed by atoms with Gasteiger partial charge in [-0.15, -0.1) is 0 Å². The highest BCUT2D eigenvalue weighted by molar-refractivity contribution is 5.32. The van der Waals surface area contributed by atoms with E-state index in [2.05, 4.69) is 20.9 Å². The minimum Gasteiger partial charge on any atom is -0.340 e. The van der Waals surface area contributed by atoms with E-state index in [0.29, 0.717) is 0 Å². The van der Waals surface area contributed by atoms with Gasteiger partial charge in [-0.3, -0.25) is 4.90 Å². The van der Waals surface area contributed by atoms with Crippen LogP contribution in [0.25, 0.3) is 0 Å². The highest BCUT2D eigenvalue weighted by Gasteiger charge is 2.30. The van der Waals surface area contributed by atoms with Crippen molar-refractivity contribution in [2.75, 3.05) is 31.1 Å². The summed E-state index contributed by atoms with van der Waals surface area (Å²) in [6, 6.07) is 2.36. The van der Waals surface area contributed by atoms with Gasteiger partial charge in [0.25, 0.3) is 0 Å². The van der Waals surface area contributed by atoms with Crippen molar-refractivity contribution in [3.63, 3.8) is 0 Å². The molecule has 1 aliphatic heterocycles. The average Bonchev–Trinajstić information content (AvgIpc) is 2.76. The Balaban J connectivity index is 2.00. The highest BCUT2D eigenvalue weighted by Crippen LogP contribution is 2.18. The van der Waals surface area contributed by atoms with Gasteiger partial charge < -0.3 is 9.47 Å². The Morgan fingerprint density at radius 1 is 1.29 bits per heavy atom. The Morgan fingerprint density at radius 2 is 1.94 bits per heavy atom. The Morgan fingerprint density at radius 3 is 2.41 bits per heavy atom. The predicted octanol–water partition coefficient (Wildman–Crippen LogP) is 0.844. The first kappa shape index (κ1) is 11.9. The lowest BCUT2D eigenvalue weighted by atomic mass is 10.0. The third kappa shape index (κ3) is 2.27. The van der Waals surface area contributed by atoms with Crippen LogP contribution >= 0.6 is 0 Å². The molecule has 0 aromatic carbocycles. The summed E-state index contributed by atoms with van der Waals surface area (Å²) >= 11 is 0. The Kier molecular flexibility index (Phi) is 3.07. The Bertz CT molecular complexity index is 420. The van der Waals surface area contributed by atoms with E-state index in [-0.39, 0.29) is 5.54 Å². The third-order valence-electron chi connectivity index (χ3n) is 3.42. The largest absolute Gasteiger partial charge is 0.340 e. The van der Waals surface area contributed by atoms with E-state index in [4.69, 9.17) is 5.26 Å². The quantitative estimate of drug-likeness (QED) is 0.759. The molecule has 0 unspecified atom stereocenters. The average molecular weight is 233 g/mol. The van der Waals surface area contributed by atoms with E-state index in [9.17, 15) is 0 Å². The Labute approximate surface area is 102 Å². The first-order valence-electron chi connectivity index (χ1n) is 5.93. The lowest BCUT2D eigenvalue weighted by Crippen LogP contribution is -2.54. The van der Waals surface area contributed by atoms with Crippen molar-refractivity contribution in [3.8, 4) is 6.07 Å². The summed E-state index contributed by atoms with van der Waals surface area (Å²) in [6.45, 7) is 7.62. The molecule has 5 nitrogen and oxygen atoms in total. The van der Waals surface area contributed by atoms with Gasteiger partial charge in [-0.05, 0) is 13.8 Å². The monoisotopic (exact) mass is 233 g/mol. The molecular weight excluding hydrogens is 214 g/mol. The van der Waals surface area contributed by atoms with Crippen LogP contribution in [0.15, 0.2) is 12.4 Å². The molecule has 2 rings (SSSR count). The van der Waals surface area contributed by atoms with Crippen LogP contribution in [-0.4, -0.2) is 46.2 Å². The zero-order valence-electron chi connectivity index (χ0n) is 10.7. The fraction of sp³-hybridized carbons (Fsp3) is 0.667. The fourth-order valence-corrected chi connectivity index (χ4v) is 2.20. The van der Waals surface area contributed by atoms with Crippen LogP contribution in [0.3, 0.4) is 0 Å². The van der Waals surface area contributed by atoms with Crippen LogP contribution in [0, 0.1) is 11.3 Å². The molecule has 1 aliphatic rings. The molecule has 1 aromatic heterocycles. The zero-order chi connectivity index (χ0) is 12.5. The second kappa shape index (κ2) is 4.38. The number of rotatable bonds is 2. The van der Waals surface area contributed by atoms with Crippen molar-refractivity contribution in [1.82, 2.24) is 14.5 Å². The van der Waals surface area contributed by atoms with Gasteiger partial charge in [0.05, 0.1) is 6.07 Å². The fourth-order valence-electron chi connectivity index (χ4n) is 2.20. The van der Waals surface area contributed by atoms with Gasteiger partial charge in [0.1, 0.15) is 5.54 Å². The number of nitrogens with zero attached hydrogens (tertiary/aromatic N) is 5. The van der Waals surface area contributed by atoms with E-state index in [1.807, 2.05) is 37.9 Å². The van der Waals surface area contributed by atoms with Crippen LogP contribution < -0.4 is 4.90 Å². The van der Waals surface area contributed by atoms with Crippen LogP contribution in [0.2, 0.25) is 0 Å². The number of imidazole rings is 1. The standard InChI is InChI=1S/C12H19N5/c1-12(2,10-13)17-8-6-16(7-9-17)11-14-4-5-15(11)3/h4-5H,6-9H2,1-3H3. The third-order valence-corrected chi connectivity index (χ3v) is 3.42. The van der Waals surface area contributed by atoms with Crippen molar-refractivity contribution in [2.24, 2.45) is 7.05 Å². The van der Waals surface area contributed by atoms with E-state index in [0.717, 1.165) is 32.1 Å². The number of hydrogen-bond donors (Lipinski definition) is 0. The molecule has 0 bridgehead atoms. The van der Waals surface area contributed by atoms with Crippen LogP contribution in [0.1, 0.15) is 13.8 Å². The lowest BCUT2D eigenvalue weighted by Gasteiger charge is -2.40. The first-order chi connectivity index (χ1) is 8.04. The van der Waals surface area contributed by atoms with Gasteiger partial charge in [0, 0.05) is 45.6 Å². The van der Waals surface area contributed by atoms with Gasteiger partial charge in [-0.25, -0.2) is 4.98 Å². The molecule has 1 saturated heterocycles. The number of piperazine rings is 1. The number of aromatic nitrogens is 2. The van der Waals surface area contributed by atoms with Gasteiger partial charge in [-0.1, -0.05) is 0 Å². The summed E-state index contributed by atoms with van der Waals surface area (Å²) in [5.41, 5.74) is -0.367. The number of aryl methyl sites for hydroxylation is 1. The maximum Gasteiger partial charge on any atom is 0.205 e. The Hall–Kier alpha value is -1.54. The second-order valence-electron chi connectivity index (χ2n) is 4.98. The number of anilines is 1. The topological polar surface area (TPSA) is 48.1 Å². The van der Waals surface area contributed by atoms with E-state index < -0.39 is 0 Å². The summed E-state index contributed by atoms with van der Waals surface area (Å²) in [5.74, 6) is 1.01. The molecule has 5 heteroatoms. The summed E-state index contributed by atoms with van der Waals surface area (Å²) in [4.78, 5) is 8.85. The predicted molar refractivity (Wildman–Crippen MR) is 66.7 cm³/mol. The molecule has 2 heterocycles. The summed E-state index contributed by atoms with van der Waals surface area (Å²) in [7, 11) is 2.01. The normalized spacial score (nSPS) is 18.1. The first-order valence-corrected chi connectivity index (χ1v) is 5.93. The summed E-state index contributed by atoms with van der Waals surface area (Å²) < 4.78 is 2.03. The van der Waals surface area contributed by atoms with Crippen molar-refractivity contribution in [3.05, 3.63) is 12.4 Å². The minimum absolute atomic E-state index is 0.367. The van der Waals surface area contributed by atoms with Crippen LogP contribution in [-0.2, 0) is 7.05 Å². The molecule has 0 N–H and O–H groups in total. The molecule has 1 aromatic rings. The van der Waals surface area contributed by atoms with Gasteiger partial charge >= 0.3 is 0 Å². The highest BCUT2D eigenvalue weighted by atomic mass is 15.4. The van der Waals surface area contributed by atoms with Gasteiger partial charge in [0.2, 0.25) is 5.95 Å². The molecule has 0 amide bonds. The van der Waals surface area contributed by atoms with E-state index in [1.54, 1.807) is 0 Å². The summed E-state index contributed by atoms with van der Waals surface area (Å²) in [6.07, 6.45) is 3.78. The van der Waals surface area contributed by atoms with E-state index in [1.165, 1.54) is 0 Å². The van der Waals surface area contributed by atoms with Crippen LogP contribution in [0.5, 0.6) is 0 Å². The molecule has 92 valence electrons. The number of hydrogen-bond acceptors (Lipinski definition) is 4. The lowest BCUT2D eigenvalue weighted by molar-refractivity contribution is 0.157. The molecule has 0 atom stereocenters. The summed E-state index contributed by atoms with van der Waals surface area (Å²) in [5, 5.41) is 9.12. The SMILES string of the molecule is Cn1ccnc1N1CCN(C(C)(C)C#N)CC1. The van der Waals surface area contributed by atoms with Crippen LogP contribution in [0.4, 0.5) is 5.95 Å². The second-order valence-corrected chi connectivity index (χ2v) is 4.98. The number of nitriles is 1. The smallest absolute Gasteiger partial charge is 0.205 e. The van der Waals surface area contributed by atoms with Crippen molar-refractivity contribution >= 4 is 5.95 Å².